The summed E-state index contributed by atoms with van der Waals surface area (Å²) < 4.78 is 28.6. The van der Waals surface area contributed by atoms with E-state index in [0.29, 0.717) is 22.2 Å². The van der Waals surface area contributed by atoms with Gasteiger partial charge in [-0.2, -0.15) is 0 Å². The van der Waals surface area contributed by atoms with Crippen LogP contribution in [-0.4, -0.2) is 44.3 Å². The van der Waals surface area contributed by atoms with Gasteiger partial charge in [0.2, 0.25) is 11.8 Å². The Bertz CT molecular complexity index is 1390. The highest BCUT2D eigenvalue weighted by molar-refractivity contribution is 7.92. The summed E-state index contributed by atoms with van der Waals surface area (Å²) in [6.45, 7) is 7.41. The summed E-state index contributed by atoms with van der Waals surface area (Å²) in [5.74, 6) is -0.662. The van der Waals surface area contributed by atoms with Gasteiger partial charge in [0.05, 0.1) is 10.6 Å². The van der Waals surface area contributed by atoms with Crippen LogP contribution in [0.25, 0.3) is 0 Å². The van der Waals surface area contributed by atoms with Gasteiger partial charge < -0.3 is 10.2 Å². The number of rotatable bonds is 11. The second-order valence-corrected chi connectivity index (χ2v) is 12.5. The molecule has 1 N–H and O–H groups in total. The van der Waals surface area contributed by atoms with E-state index in [9.17, 15) is 18.0 Å². The monoisotopic (exact) mass is 589 g/mol. The number of benzene rings is 3. The summed E-state index contributed by atoms with van der Waals surface area (Å²) >= 11 is 12.2. The molecule has 0 fully saturated rings. The standard InChI is InChI=1S/C29H33Cl2N3O4S/c1-20(2)17-32-29(36)22(4)33(18-23-6-5-7-25(31)16-23)28(35)19-34(26-12-10-24(30)11-13-26)39(37,38)27-14-8-21(3)9-15-27/h5-16,20,22H,17-19H2,1-4H3,(H,32,36)/t22-/m1/s1. The van der Waals surface area contributed by atoms with Gasteiger partial charge in [-0.25, -0.2) is 8.42 Å². The zero-order valence-electron chi connectivity index (χ0n) is 22.4. The largest absolute Gasteiger partial charge is 0.354 e. The Morgan fingerprint density at radius 1 is 0.897 bits per heavy atom. The SMILES string of the molecule is Cc1ccc(S(=O)(=O)N(CC(=O)N(Cc2cccc(Cl)c2)[C@H](C)C(=O)NCC(C)C)c2ccc(Cl)cc2)cc1. The number of carbonyl (C=O) groups excluding carboxylic acids is 2. The van der Waals surface area contributed by atoms with Crippen LogP contribution < -0.4 is 9.62 Å². The summed E-state index contributed by atoms with van der Waals surface area (Å²) in [6, 6.07) is 18.7. The van der Waals surface area contributed by atoms with Crippen molar-refractivity contribution in [1.82, 2.24) is 10.2 Å². The second-order valence-electron chi connectivity index (χ2n) is 9.77. The molecule has 0 bridgehead atoms. The molecule has 0 heterocycles. The Balaban J connectivity index is 2.01. The lowest BCUT2D eigenvalue weighted by Crippen LogP contribution is -2.51. The van der Waals surface area contributed by atoms with Gasteiger partial charge in [0.15, 0.2) is 0 Å². The lowest BCUT2D eigenvalue weighted by atomic mass is 10.1. The first-order chi connectivity index (χ1) is 18.4. The molecule has 3 aromatic rings. The van der Waals surface area contributed by atoms with Gasteiger partial charge in [0.1, 0.15) is 12.6 Å². The maximum Gasteiger partial charge on any atom is 0.264 e. The molecule has 3 aromatic carbocycles. The van der Waals surface area contributed by atoms with Gasteiger partial charge in [-0.3, -0.25) is 13.9 Å². The Hall–Kier alpha value is -3.07. The van der Waals surface area contributed by atoms with Gasteiger partial charge in [0.25, 0.3) is 10.0 Å². The summed E-state index contributed by atoms with van der Waals surface area (Å²) in [4.78, 5) is 28.3. The fraction of sp³-hybridized carbons (Fsp3) is 0.310. The molecule has 0 aliphatic rings. The molecular weight excluding hydrogens is 557 g/mol. The van der Waals surface area contributed by atoms with Gasteiger partial charge in [-0.1, -0.05) is 66.9 Å². The minimum absolute atomic E-state index is 0.0416. The van der Waals surface area contributed by atoms with E-state index in [4.69, 9.17) is 23.2 Å². The van der Waals surface area contributed by atoms with Crippen molar-refractivity contribution in [3.63, 3.8) is 0 Å². The number of hydrogen-bond donors (Lipinski definition) is 1. The highest BCUT2D eigenvalue weighted by Crippen LogP contribution is 2.26. The number of hydrogen-bond acceptors (Lipinski definition) is 4. The van der Waals surface area contributed by atoms with E-state index in [2.05, 4.69) is 5.32 Å². The van der Waals surface area contributed by atoms with Gasteiger partial charge in [-0.15, -0.1) is 0 Å². The molecule has 39 heavy (non-hydrogen) atoms. The zero-order valence-corrected chi connectivity index (χ0v) is 24.7. The molecule has 2 amide bonds. The molecule has 0 aromatic heterocycles. The molecule has 208 valence electrons. The van der Waals surface area contributed by atoms with Crippen LogP contribution in [-0.2, 0) is 26.2 Å². The Kier molecular flexibility index (Phi) is 10.4. The van der Waals surface area contributed by atoms with E-state index in [1.807, 2.05) is 20.8 Å². The summed E-state index contributed by atoms with van der Waals surface area (Å²) in [6.07, 6.45) is 0. The first-order valence-electron chi connectivity index (χ1n) is 12.5. The van der Waals surface area contributed by atoms with E-state index in [1.54, 1.807) is 67.6 Å². The summed E-state index contributed by atoms with van der Waals surface area (Å²) in [5, 5.41) is 3.78. The molecule has 3 rings (SSSR count). The number of aryl methyl sites for hydroxylation is 1. The van der Waals surface area contributed by atoms with Crippen LogP contribution in [0.2, 0.25) is 10.0 Å². The zero-order chi connectivity index (χ0) is 28.7. The first kappa shape index (κ1) is 30.5. The van der Waals surface area contributed by atoms with Gasteiger partial charge in [-0.05, 0) is 73.9 Å². The third-order valence-corrected chi connectivity index (χ3v) is 8.37. The number of sulfonamides is 1. The lowest BCUT2D eigenvalue weighted by Gasteiger charge is -2.32. The third kappa shape index (κ3) is 8.21. The average molecular weight is 591 g/mol. The fourth-order valence-electron chi connectivity index (χ4n) is 3.84. The molecule has 0 unspecified atom stereocenters. The molecular formula is C29H33Cl2N3O4S. The molecule has 0 aliphatic heterocycles. The number of nitrogens with one attached hydrogen (secondary N) is 1. The van der Waals surface area contributed by atoms with Crippen molar-refractivity contribution in [2.75, 3.05) is 17.4 Å². The maximum atomic E-state index is 13.9. The fourth-order valence-corrected chi connectivity index (χ4v) is 5.59. The van der Waals surface area contributed by atoms with Crippen molar-refractivity contribution in [1.29, 1.82) is 0 Å². The highest BCUT2D eigenvalue weighted by atomic mass is 35.5. The van der Waals surface area contributed by atoms with Crippen LogP contribution >= 0.6 is 23.2 Å². The Labute approximate surface area is 240 Å². The minimum Gasteiger partial charge on any atom is -0.354 e. The van der Waals surface area contributed by atoms with Crippen molar-refractivity contribution < 1.29 is 18.0 Å². The molecule has 7 nitrogen and oxygen atoms in total. The van der Waals surface area contributed by atoms with Crippen LogP contribution in [0.15, 0.2) is 77.7 Å². The van der Waals surface area contributed by atoms with E-state index in [-0.39, 0.29) is 29.0 Å². The normalized spacial score (nSPS) is 12.2. The number of anilines is 1. The summed E-state index contributed by atoms with van der Waals surface area (Å²) in [7, 11) is -4.14. The number of nitrogens with zero attached hydrogens (tertiary/aromatic N) is 2. The predicted molar refractivity (Wildman–Crippen MR) is 156 cm³/mol. The van der Waals surface area contributed by atoms with E-state index in [0.717, 1.165) is 9.87 Å². The van der Waals surface area contributed by atoms with Crippen LogP contribution in [0.5, 0.6) is 0 Å². The molecule has 0 radical (unpaired) electrons. The molecule has 10 heteroatoms. The van der Waals surface area contributed by atoms with Crippen molar-refractivity contribution in [2.45, 2.75) is 45.2 Å². The molecule has 0 saturated heterocycles. The minimum atomic E-state index is -4.14. The van der Waals surface area contributed by atoms with Crippen molar-refractivity contribution in [3.05, 3.63) is 94.0 Å². The smallest absolute Gasteiger partial charge is 0.264 e. The Morgan fingerprint density at radius 3 is 2.13 bits per heavy atom. The predicted octanol–water partition coefficient (Wildman–Crippen LogP) is 5.69. The van der Waals surface area contributed by atoms with Crippen molar-refractivity contribution in [3.8, 4) is 0 Å². The second kappa shape index (κ2) is 13.3. The molecule has 0 saturated carbocycles. The maximum absolute atomic E-state index is 13.9. The first-order valence-corrected chi connectivity index (χ1v) is 14.7. The summed E-state index contributed by atoms with van der Waals surface area (Å²) in [5.41, 5.74) is 1.88. The number of halogens is 2. The van der Waals surface area contributed by atoms with Crippen molar-refractivity contribution >= 4 is 50.7 Å². The average Bonchev–Trinajstić information content (AvgIpc) is 2.89. The van der Waals surface area contributed by atoms with Crippen LogP contribution in [0, 0.1) is 12.8 Å². The van der Waals surface area contributed by atoms with Crippen LogP contribution in [0.1, 0.15) is 31.9 Å². The quantitative estimate of drug-likeness (QED) is 0.311. The number of amides is 2. The molecule has 0 spiro atoms. The third-order valence-electron chi connectivity index (χ3n) is 6.10. The van der Waals surface area contributed by atoms with E-state index in [1.165, 1.54) is 17.0 Å². The Morgan fingerprint density at radius 2 is 1.54 bits per heavy atom. The lowest BCUT2D eigenvalue weighted by molar-refractivity contribution is -0.139. The van der Waals surface area contributed by atoms with Gasteiger partial charge in [0, 0.05) is 23.1 Å². The molecule has 1 atom stereocenters. The molecule has 0 aliphatic carbocycles. The van der Waals surface area contributed by atoms with E-state index >= 15 is 0 Å². The van der Waals surface area contributed by atoms with Crippen molar-refractivity contribution in [2.24, 2.45) is 5.92 Å². The van der Waals surface area contributed by atoms with E-state index < -0.39 is 28.5 Å². The highest BCUT2D eigenvalue weighted by Gasteiger charge is 2.32. The number of carbonyl (C=O) groups is 2. The van der Waals surface area contributed by atoms with Crippen LogP contribution in [0.4, 0.5) is 5.69 Å². The van der Waals surface area contributed by atoms with Gasteiger partial charge >= 0.3 is 0 Å². The topological polar surface area (TPSA) is 86.8 Å². The van der Waals surface area contributed by atoms with Crippen LogP contribution in [0.3, 0.4) is 0 Å².